The second kappa shape index (κ2) is 6.67. The van der Waals surface area contributed by atoms with Crippen molar-refractivity contribution in [3.8, 4) is 0 Å². The lowest BCUT2D eigenvalue weighted by Gasteiger charge is -2.20. The summed E-state index contributed by atoms with van der Waals surface area (Å²) < 4.78 is 28.3. The molecule has 1 atom stereocenters. The van der Waals surface area contributed by atoms with Crippen molar-refractivity contribution < 1.29 is 13.9 Å². The number of rotatable bonds is 5. The normalized spacial score (nSPS) is 12.9. The summed E-state index contributed by atoms with van der Waals surface area (Å²) in [6.07, 6.45) is -0.903. The lowest BCUT2D eigenvalue weighted by molar-refractivity contribution is 0.122. The van der Waals surface area contributed by atoms with Crippen LogP contribution in [-0.2, 0) is 13.6 Å². The molecule has 0 bridgehead atoms. The third kappa shape index (κ3) is 3.29. The first-order valence-corrected chi connectivity index (χ1v) is 7.67. The van der Waals surface area contributed by atoms with Crippen molar-refractivity contribution in [3.05, 3.63) is 65.5 Å². The van der Waals surface area contributed by atoms with Gasteiger partial charge in [0, 0.05) is 13.6 Å². The standard InChI is InChI=1S/C18H19F2N3O/c1-22(10-17(24)12-7-8-13(19)14(20)9-12)11-18-21-15-5-3-4-6-16(15)23(18)2/h3-9,17,24H,10-11H2,1-2H3/t17-/m1/s1. The maximum atomic E-state index is 13.3. The predicted molar refractivity (Wildman–Crippen MR) is 88.4 cm³/mol. The number of aromatic nitrogens is 2. The maximum absolute atomic E-state index is 13.3. The van der Waals surface area contributed by atoms with E-state index in [1.807, 2.05) is 47.8 Å². The number of likely N-dealkylation sites (N-methyl/N-ethyl adjacent to an activating group) is 1. The molecule has 3 rings (SSSR count). The lowest BCUT2D eigenvalue weighted by Crippen LogP contribution is -2.25. The van der Waals surface area contributed by atoms with E-state index in [9.17, 15) is 13.9 Å². The number of imidazole rings is 1. The second-order valence-corrected chi connectivity index (χ2v) is 5.96. The van der Waals surface area contributed by atoms with E-state index < -0.39 is 17.7 Å². The zero-order chi connectivity index (χ0) is 17.3. The number of hydrogen-bond acceptors (Lipinski definition) is 3. The molecule has 4 nitrogen and oxygen atoms in total. The maximum Gasteiger partial charge on any atom is 0.159 e. The number of fused-ring (bicyclic) bond motifs is 1. The van der Waals surface area contributed by atoms with Crippen LogP contribution in [0.2, 0.25) is 0 Å². The van der Waals surface area contributed by atoms with Crippen LogP contribution >= 0.6 is 0 Å². The number of aryl methyl sites for hydroxylation is 1. The quantitative estimate of drug-likeness (QED) is 0.781. The molecule has 0 fully saturated rings. The molecule has 0 spiro atoms. The van der Waals surface area contributed by atoms with Crippen LogP contribution in [0.15, 0.2) is 42.5 Å². The van der Waals surface area contributed by atoms with Crippen LogP contribution in [0.25, 0.3) is 11.0 Å². The van der Waals surface area contributed by atoms with Crippen molar-refractivity contribution in [1.82, 2.24) is 14.5 Å². The fraction of sp³-hybridized carbons (Fsp3) is 0.278. The molecule has 6 heteroatoms. The predicted octanol–water partition coefficient (Wildman–Crippen LogP) is 3.02. The van der Waals surface area contributed by atoms with Gasteiger partial charge in [-0.25, -0.2) is 13.8 Å². The second-order valence-electron chi connectivity index (χ2n) is 5.96. The Morgan fingerprint density at radius 1 is 1.17 bits per heavy atom. The van der Waals surface area contributed by atoms with Gasteiger partial charge < -0.3 is 9.67 Å². The van der Waals surface area contributed by atoms with E-state index in [0.717, 1.165) is 29.0 Å². The third-order valence-electron chi connectivity index (χ3n) is 4.10. The van der Waals surface area contributed by atoms with Crippen molar-refractivity contribution in [3.63, 3.8) is 0 Å². The SMILES string of the molecule is CN(Cc1nc2ccccc2n1C)C[C@@H](O)c1ccc(F)c(F)c1. The van der Waals surface area contributed by atoms with Gasteiger partial charge in [-0.2, -0.15) is 0 Å². The molecule has 24 heavy (non-hydrogen) atoms. The van der Waals surface area contributed by atoms with Crippen LogP contribution < -0.4 is 0 Å². The molecule has 0 amide bonds. The third-order valence-corrected chi connectivity index (χ3v) is 4.10. The Balaban J connectivity index is 1.71. The van der Waals surface area contributed by atoms with E-state index in [-0.39, 0.29) is 6.54 Å². The summed E-state index contributed by atoms with van der Waals surface area (Å²) in [5.41, 5.74) is 2.32. The van der Waals surface area contributed by atoms with Crippen LogP contribution in [0.3, 0.4) is 0 Å². The van der Waals surface area contributed by atoms with Gasteiger partial charge in [-0.05, 0) is 36.9 Å². The summed E-state index contributed by atoms with van der Waals surface area (Å²) in [5, 5.41) is 10.2. The van der Waals surface area contributed by atoms with Crippen LogP contribution in [-0.4, -0.2) is 33.1 Å². The molecule has 2 aromatic carbocycles. The Hall–Kier alpha value is -2.31. The number of nitrogens with zero attached hydrogens (tertiary/aromatic N) is 3. The topological polar surface area (TPSA) is 41.3 Å². The van der Waals surface area contributed by atoms with Gasteiger partial charge in [-0.1, -0.05) is 18.2 Å². The Morgan fingerprint density at radius 3 is 2.62 bits per heavy atom. The van der Waals surface area contributed by atoms with Crippen LogP contribution in [0.4, 0.5) is 8.78 Å². The lowest BCUT2D eigenvalue weighted by atomic mass is 10.1. The fourth-order valence-corrected chi connectivity index (χ4v) is 2.76. The Bertz CT molecular complexity index is 863. The molecule has 0 aliphatic heterocycles. The summed E-state index contributed by atoms with van der Waals surface area (Å²) in [5.74, 6) is -1.00. The summed E-state index contributed by atoms with van der Waals surface area (Å²) in [6, 6.07) is 11.3. The molecular weight excluding hydrogens is 312 g/mol. The minimum Gasteiger partial charge on any atom is -0.387 e. The Labute approximate surface area is 139 Å². The summed E-state index contributed by atoms with van der Waals surface area (Å²) in [7, 11) is 3.80. The van der Waals surface area contributed by atoms with E-state index in [0.29, 0.717) is 12.1 Å². The van der Waals surface area contributed by atoms with Gasteiger partial charge in [0.1, 0.15) is 5.82 Å². The van der Waals surface area contributed by atoms with Crippen molar-refractivity contribution >= 4 is 11.0 Å². The summed E-state index contributed by atoms with van der Waals surface area (Å²) in [6.45, 7) is 0.820. The van der Waals surface area contributed by atoms with Crippen molar-refractivity contribution in [2.45, 2.75) is 12.6 Å². The van der Waals surface area contributed by atoms with E-state index in [1.165, 1.54) is 6.07 Å². The van der Waals surface area contributed by atoms with E-state index in [4.69, 9.17) is 0 Å². The zero-order valence-corrected chi connectivity index (χ0v) is 13.6. The van der Waals surface area contributed by atoms with E-state index >= 15 is 0 Å². The highest BCUT2D eigenvalue weighted by Crippen LogP contribution is 2.19. The number of halogens is 2. The molecule has 3 aromatic rings. The first-order valence-electron chi connectivity index (χ1n) is 7.67. The first-order chi connectivity index (χ1) is 11.5. The molecule has 0 saturated carbocycles. The van der Waals surface area contributed by atoms with Crippen LogP contribution in [0.5, 0.6) is 0 Å². The smallest absolute Gasteiger partial charge is 0.159 e. The van der Waals surface area contributed by atoms with Gasteiger partial charge >= 0.3 is 0 Å². The number of aliphatic hydroxyl groups excluding tert-OH is 1. The molecule has 0 unspecified atom stereocenters. The molecule has 1 heterocycles. The summed E-state index contributed by atoms with van der Waals surface area (Å²) >= 11 is 0. The van der Waals surface area contributed by atoms with Crippen LogP contribution in [0, 0.1) is 11.6 Å². The minimum atomic E-state index is -0.954. The molecule has 0 saturated heterocycles. The average Bonchev–Trinajstić information content (AvgIpc) is 2.86. The molecule has 126 valence electrons. The largest absolute Gasteiger partial charge is 0.387 e. The number of aliphatic hydroxyl groups is 1. The average molecular weight is 331 g/mol. The van der Waals surface area contributed by atoms with Crippen molar-refractivity contribution in [2.24, 2.45) is 7.05 Å². The first kappa shape index (κ1) is 16.5. The molecule has 0 aliphatic rings. The Morgan fingerprint density at radius 2 is 1.92 bits per heavy atom. The summed E-state index contributed by atoms with van der Waals surface area (Å²) in [4.78, 5) is 6.48. The fourth-order valence-electron chi connectivity index (χ4n) is 2.76. The molecule has 1 N–H and O–H groups in total. The molecule has 1 aromatic heterocycles. The van der Waals surface area contributed by atoms with E-state index in [1.54, 1.807) is 0 Å². The van der Waals surface area contributed by atoms with Crippen molar-refractivity contribution in [2.75, 3.05) is 13.6 Å². The molecule has 0 radical (unpaired) electrons. The van der Waals surface area contributed by atoms with Gasteiger partial charge in [0.25, 0.3) is 0 Å². The highest BCUT2D eigenvalue weighted by molar-refractivity contribution is 5.75. The van der Waals surface area contributed by atoms with Gasteiger partial charge in [0.15, 0.2) is 11.6 Å². The van der Waals surface area contributed by atoms with Gasteiger partial charge in [0.05, 0.1) is 23.7 Å². The van der Waals surface area contributed by atoms with E-state index in [2.05, 4.69) is 4.98 Å². The van der Waals surface area contributed by atoms with Gasteiger partial charge in [-0.3, -0.25) is 4.90 Å². The molecule has 0 aliphatic carbocycles. The van der Waals surface area contributed by atoms with Gasteiger partial charge in [-0.15, -0.1) is 0 Å². The van der Waals surface area contributed by atoms with Crippen LogP contribution in [0.1, 0.15) is 17.5 Å². The highest BCUT2D eigenvalue weighted by atomic mass is 19.2. The monoisotopic (exact) mass is 331 g/mol. The number of benzene rings is 2. The minimum absolute atomic E-state index is 0.286. The zero-order valence-electron chi connectivity index (χ0n) is 13.6. The number of para-hydroxylation sites is 2. The molecular formula is C18H19F2N3O. The number of hydrogen-bond donors (Lipinski definition) is 1. The highest BCUT2D eigenvalue weighted by Gasteiger charge is 2.15. The Kier molecular flexibility index (Phi) is 4.59. The van der Waals surface area contributed by atoms with Gasteiger partial charge in [0.2, 0.25) is 0 Å². The van der Waals surface area contributed by atoms with Crippen molar-refractivity contribution in [1.29, 1.82) is 0 Å².